The zero-order valence-electron chi connectivity index (χ0n) is 25.6. The second-order valence-electron chi connectivity index (χ2n) is 11.8. The molecule has 10 nitrogen and oxygen atoms in total. The summed E-state index contributed by atoms with van der Waals surface area (Å²) in [6.45, 7) is 13.0. The third-order valence-electron chi connectivity index (χ3n) is 8.44. The van der Waals surface area contributed by atoms with Crippen LogP contribution >= 0.6 is 0 Å². The Kier molecular flexibility index (Phi) is 8.24. The molecule has 11 heteroatoms. The molecule has 228 valence electrons. The van der Waals surface area contributed by atoms with Gasteiger partial charge < -0.3 is 15.8 Å². The molecule has 4 aromatic rings. The summed E-state index contributed by atoms with van der Waals surface area (Å²) in [6, 6.07) is 16.3. The third-order valence-corrected chi connectivity index (χ3v) is 10.3. The fourth-order valence-electron chi connectivity index (χ4n) is 6.14. The number of amides is 2. The topological polar surface area (TPSA) is 132 Å². The molecule has 5 rings (SSSR count). The molecule has 1 aliphatic rings. The number of sulfonamides is 1. The summed E-state index contributed by atoms with van der Waals surface area (Å²) in [6.07, 6.45) is 0.387. The van der Waals surface area contributed by atoms with E-state index >= 15 is 0 Å². The van der Waals surface area contributed by atoms with E-state index in [4.69, 9.17) is 10.5 Å². The Hall–Kier alpha value is -3.96. The predicted molar refractivity (Wildman–Crippen MR) is 167 cm³/mol. The molecule has 0 bridgehead atoms. The fourth-order valence-corrected chi connectivity index (χ4v) is 7.71. The second-order valence-corrected chi connectivity index (χ2v) is 13.7. The van der Waals surface area contributed by atoms with Crippen molar-refractivity contribution in [1.29, 1.82) is 0 Å². The van der Waals surface area contributed by atoms with Gasteiger partial charge in [-0.25, -0.2) is 17.9 Å². The minimum atomic E-state index is -3.82. The van der Waals surface area contributed by atoms with Crippen LogP contribution in [0.4, 0.5) is 4.79 Å². The van der Waals surface area contributed by atoms with Gasteiger partial charge in [-0.15, -0.1) is 5.10 Å². The summed E-state index contributed by atoms with van der Waals surface area (Å²) in [4.78, 5) is 12.3. The number of nitrogens with two attached hydrogens (primary N) is 1. The normalized spacial score (nSPS) is 17.6. The lowest BCUT2D eigenvalue weighted by atomic mass is 9.75. The van der Waals surface area contributed by atoms with E-state index < -0.39 is 21.6 Å². The summed E-state index contributed by atoms with van der Waals surface area (Å²) >= 11 is 0. The zero-order valence-corrected chi connectivity index (χ0v) is 26.4. The molecule has 2 heterocycles. The highest BCUT2D eigenvalue weighted by molar-refractivity contribution is 7.89. The Labute approximate surface area is 253 Å². The van der Waals surface area contributed by atoms with Crippen molar-refractivity contribution in [3.05, 3.63) is 82.4 Å². The number of carbonyl (C=O) groups excluding carboxylic acids is 1. The molecule has 0 fully saturated rings. The largest absolute Gasteiger partial charge is 0.488 e. The summed E-state index contributed by atoms with van der Waals surface area (Å²) in [7, 11) is -3.82. The van der Waals surface area contributed by atoms with E-state index in [1.54, 1.807) is 24.3 Å². The van der Waals surface area contributed by atoms with Gasteiger partial charge in [-0.2, -0.15) is 4.31 Å². The number of benzene rings is 3. The van der Waals surface area contributed by atoms with E-state index in [1.807, 2.05) is 70.5 Å². The van der Waals surface area contributed by atoms with Crippen molar-refractivity contribution in [1.82, 2.24) is 24.6 Å². The van der Waals surface area contributed by atoms with E-state index in [0.717, 1.165) is 38.9 Å². The van der Waals surface area contributed by atoms with Crippen LogP contribution in [-0.2, 0) is 23.1 Å². The monoisotopic (exact) mass is 604 g/mol. The van der Waals surface area contributed by atoms with Crippen LogP contribution in [0.25, 0.3) is 11.0 Å². The average Bonchev–Trinajstić information content (AvgIpc) is 3.34. The number of hydrogen-bond acceptors (Lipinski definition) is 6. The maximum Gasteiger partial charge on any atom is 0.312 e. The van der Waals surface area contributed by atoms with E-state index in [0.29, 0.717) is 18.7 Å². The summed E-state index contributed by atoms with van der Waals surface area (Å²) in [5, 5.41) is 11.7. The molecule has 0 spiro atoms. The Bertz CT molecular complexity index is 1780. The number of carbonyl (C=O) groups is 1. The first-order valence-corrected chi connectivity index (χ1v) is 16.1. The van der Waals surface area contributed by atoms with Gasteiger partial charge in [0.2, 0.25) is 10.0 Å². The minimum absolute atomic E-state index is 0.175. The van der Waals surface area contributed by atoms with Crippen molar-refractivity contribution in [2.45, 2.75) is 83.5 Å². The number of urea groups is 1. The third kappa shape index (κ3) is 5.71. The van der Waals surface area contributed by atoms with Gasteiger partial charge in [0.05, 0.1) is 12.1 Å². The highest BCUT2D eigenvalue weighted by atomic mass is 32.2. The lowest BCUT2D eigenvalue weighted by molar-refractivity contribution is 0.168. The number of aryl methyl sites for hydroxylation is 3. The van der Waals surface area contributed by atoms with E-state index in [9.17, 15) is 13.2 Å². The molecule has 2 amide bonds. The van der Waals surface area contributed by atoms with E-state index in [-0.39, 0.29) is 30.0 Å². The number of nitrogens with zero attached hydrogens (tertiary/aromatic N) is 4. The number of para-hydroxylation sites is 1. The quantitative estimate of drug-likeness (QED) is 0.291. The molecule has 3 aromatic carbocycles. The second kappa shape index (κ2) is 11.6. The van der Waals surface area contributed by atoms with Crippen molar-refractivity contribution >= 4 is 27.1 Å². The molecule has 0 unspecified atom stereocenters. The predicted octanol–water partition coefficient (Wildman–Crippen LogP) is 5.01. The van der Waals surface area contributed by atoms with Crippen LogP contribution in [0.2, 0.25) is 0 Å². The first-order chi connectivity index (χ1) is 20.4. The maximum atomic E-state index is 13.9. The summed E-state index contributed by atoms with van der Waals surface area (Å²) in [5.41, 5.74) is 11.3. The van der Waals surface area contributed by atoms with Gasteiger partial charge in [0.1, 0.15) is 22.3 Å². The molecular formula is C32H40N6O4S. The molecule has 1 aromatic heterocycles. The number of nitrogens with one attached hydrogen (secondary N) is 1. The van der Waals surface area contributed by atoms with Crippen LogP contribution < -0.4 is 15.8 Å². The highest BCUT2D eigenvalue weighted by Gasteiger charge is 2.37. The number of fused-ring (bicyclic) bond motifs is 2. The molecule has 2 atom stereocenters. The number of ether oxygens (including phenoxy) is 1. The standard InChI is InChI=1S/C32H40N6O4S/c1-7-24-19-37(43(40,41)28-12-10-9-11-27(28)42-24)18-23-17-22(14-13-20(23)3)29(32(5,6)34-31(33)39)25-15-16-26-30(21(25)4)35-36-38(26)8-2/h9-17,24,29H,7-8,18-19H2,1-6H3,(H3,33,34,39)/t24-,29+/m1/s1. The van der Waals surface area contributed by atoms with Crippen LogP contribution in [0, 0.1) is 13.8 Å². The summed E-state index contributed by atoms with van der Waals surface area (Å²) < 4.78 is 37.3. The van der Waals surface area contributed by atoms with Crippen LogP contribution in [0.1, 0.15) is 67.9 Å². The van der Waals surface area contributed by atoms with Gasteiger partial charge in [0.25, 0.3) is 0 Å². The van der Waals surface area contributed by atoms with Gasteiger partial charge in [-0.05, 0) is 87.1 Å². The smallest absolute Gasteiger partial charge is 0.312 e. The number of aromatic nitrogens is 3. The zero-order chi connectivity index (χ0) is 31.1. The molecule has 0 saturated heterocycles. The van der Waals surface area contributed by atoms with Crippen molar-refractivity contribution in [2.75, 3.05) is 6.54 Å². The van der Waals surface area contributed by atoms with E-state index in [2.05, 4.69) is 21.7 Å². The molecule has 43 heavy (non-hydrogen) atoms. The van der Waals surface area contributed by atoms with Gasteiger partial charge in [0, 0.05) is 24.5 Å². The average molecular weight is 605 g/mol. The van der Waals surface area contributed by atoms with Crippen LogP contribution in [0.3, 0.4) is 0 Å². The Morgan fingerprint density at radius 3 is 2.58 bits per heavy atom. The first-order valence-electron chi connectivity index (χ1n) is 14.6. The molecule has 0 saturated carbocycles. The lowest BCUT2D eigenvalue weighted by Gasteiger charge is -2.37. The van der Waals surface area contributed by atoms with Crippen molar-refractivity contribution in [3.8, 4) is 5.75 Å². The number of hydrogen-bond donors (Lipinski definition) is 2. The van der Waals surface area contributed by atoms with Crippen LogP contribution in [0.5, 0.6) is 5.75 Å². The van der Waals surface area contributed by atoms with Crippen LogP contribution in [0.15, 0.2) is 59.5 Å². The molecular weight excluding hydrogens is 564 g/mol. The summed E-state index contributed by atoms with van der Waals surface area (Å²) in [5.74, 6) is 0.0521. The van der Waals surface area contributed by atoms with Gasteiger partial charge in [0.15, 0.2) is 0 Å². The molecule has 1 aliphatic heterocycles. The fraction of sp³-hybridized carbons (Fsp3) is 0.406. The van der Waals surface area contributed by atoms with Gasteiger partial charge in [-0.1, -0.05) is 48.5 Å². The minimum Gasteiger partial charge on any atom is -0.488 e. The van der Waals surface area contributed by atoms with E-state index in [1.165, 1.54) is 4.31 Å². The Balaban J connectivity index is 1.62. The SMILES string of the molecule is CC[C@@H]1CN(Cc2cc([C@@H](c3ccc4c(nnn4CC)c3C)C(C)(C)NC(N)=O)ccc2C)S(=O)(=O)c2ccccc2O1. The molecule has 0 aliphatic carbocycles. The Morgan fingerprint density at radius 1 is 1.14 bits per heavy atom. The van der Waals surface area contributed by atoms with Crippen molar-refractivity contribution in [2.24, 2.45) is 5.73 Å². The van der Waals surface area contributed by atoms with Gasteiger partial charge in [-0.3, -0.25) is 0 Å². The number of rotatable bonds is 8. The number of primary amides is 1. The lowest BCUT2D eigenvalue weighted by Crippen LogP contribution is -2.50. The maximum absolute atomic E-state index is 13.9. The van der Waals surface area contributed by atoms with Crippen molar-refractivity contribution in [3.63, 3.8) is 0 Å². The first kappa shape index (κ1) is 30.5. The highest BCUT2D eigenvalue weighted by Crippen LogP contribution is 2.40. The molecule has 0 radical (unpaired) electrons. The van der Waals surface area contributed by atoms with Crippen molar-refractivity contribution < 1.29 is 17.9 Å². The Morgan fingerprint density at radius 2 is 1.88 bits per heavy atom. The van der Waals surface area contributed by atoms with Crippen LogP contribution in [-0.4, -0.2) is 51.9 Å². The van der Waals surface area contributed by atoms with Gasteiger partial charge >= 0.3 is 6.03 Å². The molecule has 3 N–H and O–H groups in total.